The second kappa shape index (κ2) is 4.76. The Bertz CT molecular complexity index is 176. The second-order valence-electron chi connectivity index (χ2n) is 1.47. The Morgan fingerprint density at radius 2 is 1.67 bits per heavy atom. The molecule has 41 valence electrons. The van der Waals surface area contributed by atoms with Crippen LogP contribution in [-0.2, 0) is 4.57 Å². The van der Waals surface area contributed by atoms with E-state index in [0.29, 0.717) is 0 Å². The molecule has 0 aromatic heterocycles. The molecule has 1 aromatic carbocycles. The van der Waals surface area contributed by atoms with E-state index in [1.54, 1.807) is 0 Å². The van der Waals surface area contributed by atoms with Crippen molar-refractivity contribution in [1.82, 2.24) is 0 Å². The molecule has 0 saturated carbocycles. The van der Waals surface area contributed by atoms with E-state index in [1.807, 2.05) is 30.3 Å². The van der Waals surface area contributed by atoms with Crippen molar-refractivity contribution in [2.24, 2.45) is 0 Å². The molecule has 1 unspecified atom stereocenters. The summed E-state index contributed by atoms with van der Waals surface area (Å²) in [7, 11) is -0.320. The van der Waals surface area contributed by atoms with Crippen LogP contribution >= 0.6 is 8.46 Å². The van der Waals surface area contributed by atoms with Crippen LogP contribution in [-0.4, -0.2) is 18.9 Å². The molecule has 0 fully saturated rings. The van der Waals surface area contributed by atoms with Gasteiger partial charge in [-0.2, -0.15) is 0 Å². The molecule has 0 bridgehead atoms. The van der Waals surface area contributed by atoms with E-state index in [1.165, 1.54) is 0 Å². The zero-order chi connectivity index (χ0) is 5.82. The summed E-state index contributed by atoms with van der Waals surface area (Å²) in [5.41, 5.74) is 0. The molecule has 3 heteroatoms. The second-order valence-corrected chi connectivity index (χ2v) is 2.25. The third kappa shape index (κ3) is 2.82. The maximum Gasteiger partial charge on any atom is 0.363 e. The number of benzene rings is 1. The van der Waals surface area contributed by atoms with Crippen LogP contribution in [0.5, 0.6) is 0 Å². The fourth-order valence-corrected chi connectivity index (χ4v) is 0.835. The summed E-state index contributed by atoms with van der Waals surface area (Å²) in [6, 6.07) is 9.33. The summed E-state index contributed by atoms with van der Waals surface area (Å²) in [5.74, 6) is 0. The van der Waals surface area contributed by atoms with Crippen LogP contribution in [0.3, 0.4) is 0 Å². The van der Waals surface area contributed by atoms with Gasteiger partial charge in [-0.3, -0.25) is 0 Å². The van der Waals surface area contributed by atoms with Gasteiger partial charge in [-0.05, 0) is 12.1 Å². The van der Waals surface area contributed by atoms with Gasteiger partial charge < -0.3 is 0 Å². The molecule has 0 aliphatic carbocycles. The number of rotatable bonds is 1. The van der Waals surface area contributed by atoms with Crippen molar-refractivity contribution in [3.63, 3.8) is 0 Å². The van der Waals surface area contributed by atoms with Gasteiger partial charge in [0.15, 0.2) is 5.30 Å². The maximum absolute atomic E-state index is 10.2. The van der Waals surface area contributed by atoms with Crippen LogP contribution in [0.1, 0.15) is 0 Å². The Kier molecular flexibility index (Phi) is 4.72. The third-order valence-electron chi connectivity index (χ3n) is 0.892. The van der Waals surface area contributed by atoms with Crippen molar-refractivity contribution >= 4 is 32.6 Å². The molecule has 1 nitrogen and oxygen atoms in total. The van der Waals surface area contributed by atoms with Crippen LogP contribution < -0.4 is 5.30 Å². The Morgan fingerprint density at radius 1 is 1.11 bits per heavy atom. The summed E-state index contributed by atoms with van der Waals surface area (Å²) >= 11 is 0. The quantitative estimate of drug-likeness (QED) is 0.410. The Balaban J connectivity index is 0.000000640. The summed E-state index contributed by atoms with van der Waals surface area (Å²) in [5, 5.41) is 0.882. The molecule has 0 saturated heterocycles. The van der Waals surface area contributed by atoms with Crippen LogP contribution in [0, 0.1) is 0 Å². The van der Waals surface area contributed by atoms with Crippen LogP contribution in [0.25, 0.3) is 0 Å². The van der Waals surface area contributed by atoms with Crippen molar-refractivity contribution in [2.75, 3.05) is 0 Å². The Morgan fingerprint density at radius 3 is 2.00 bits per heavy atom. The predicted molar refractivity (Wildman–Crippen MR) is 40.8 cm³/mol. The average Bonchev–Trinajstić information content (AvgIpc) is 1.90. The molecule has 1 rings (SSSR count). The molecule has 0 amide bonds. The monoisotopic (exact) mass is 132 g/mol. The average molecular weight is 132 g/mol. The Hall–Kier alpha value is -0.0826. The first-order valence-corrected chi connectivity index (χ1v) is 3.27. The molecule has 0 aliphatic rings. The van der Waals surface area contributed by atoms with Gasteiger partial charge in [0.05, 0.1) is 0 Å². The summed E-state index contributed by atoms with van der Waals surface area (Å²) < 4.78 is 10.2. The zero-order valence-electron chi connectivity index (χ0n) is 5.29. The maximum atomic E-state index is 10.2. The summed E-state index contributed by atoms with van der Waals surface area (Å²) in [6.07, 6.45) is 0. The molecule has 9 heavy (non-hydrogen) atoms. The van der Waals surface area contributed by atoms with Gasteiger partial charge in [-0.25, -0.2) is 0 Å². The Labute approximate surface area is 67.8 Å². The van der Waals surface area contributed by atoms with Gasteiger partial charge in [-0.1, -0.05) is 22.8 Å². The van der Waals surface area contributed by atoms with E-state index in [9.17, 15) is 4.57 Å². The topological polar surface area (TPSA) is 17.1 Å². The predicted octanol–water partition coefficient (Wildman–Crippen LogP) is 0.955. The van der Waals surface area contributed by atoms with E-state index in [0.717, 1.165) is 5.30 Å². The van der Waals surface area contributed by atoms with Gasteiger partial charge in [0.1, 0.15) is 0 Å². The fraction of sp³-hybridized carbons (Fsp3) is 0. The van der Waals surface area contributed by atoms with Gasteiger partial charge in [0, 0.05) is 18.9 Å². The normalized spacial score (nSPS) is 8.44. The van der Waals surface area contributed by atoms with E-state index in [-0.39, 0.29) is 27.3 Å². The molecule has 0 N–H and O–H groups in total. The zero-order valence-corrected chi connectivity index (χ0v) is 6.29. The van der Waals surface area contributed by atoms with Gasteiger partial charge in [0.2, 0.25) is 0 Å². The van der Waals surface area contributed by atoms with E-state index in [4.69, 9.17) is 0 Å². The molecule has 0 spiro atoms. The minimum Gasteiger partial charge on any atom is -0.0707 e. The SMILES string of the molecule is O=[PH+]c1ccccc1.[Li]. The van der Waals surface area contributed by atoms with Gasteiger partial charge in [0.25, 0.3) is 0 Å². The van der Waals surface area contributed by atoms with E-state index >= 15 is 0 Å². The largest absolute Gasteiger partial charge is 0.363 e. The molecule has 0 heterocycles. The standard InChI is InChI=1S/C6H5OP.Li/c7-8-6-4-2-1-3-5-6;/h1-5H;/p+1. The van der Waals surface area contributed by atoms with Crippen molar-refractivity contribution < 1.29 is 4.57 Å². The van der Waals surface area contributed by atoms with Crippen molar-refractivity contribution in [3.05, 3.63) is 30.3 Å². The summed E-state index contributed by atoms with van der Waals surface area (Å²) in [4.78, 5) is 0. The van der Waals surface area contributed by atoms with Crippen LogP contribution in [0.4, 0.5) is 0 Å². The van der Waals surface area contributed by atoms with Gasteiger partial charge >= 0.3 is 8.46 Å². The molecule has 1 aromatic rings. The van der Waals surface area contributed by atoms with Crippen molar-refractivity contribution in [1.29, 1.82) is 0 Å². The van der Waals surface area contributed by atoms with Crippen LogP contribution in [0.15, 0.2) is 30.3 Å². The smallest absolute Gasteiger partial charge is 0.0707 e. The molecular formula is C6H6LiOP+. The van der Waals surface area contributed by atoms with Crippen LogP contribution in [0.2, 0.25) is 0 Å². The molecular weight excluding hydrogens is 126 g/mol. The van der Waals surface area contributed by atoms with E-state index < -0.39 is 0 Å². The minimum absolute atomic E-state index is 0. The first-order valence-electron chi connectivity index (χ1n) is 2.36. The number of hydrogen-bond acceptors (Lipinski definition) is 1. The molecule has 0 aliphatic heterocycles. The first-order chi connectivity index (χ1) is 3.93. The van der Waals surface area contributed by atoms with Gasteiger partial charge in [-0.15, -0.1) is 0 Å². The first kappa shape index (κ1) is 8.92. The number of hydrogen-bond donors (Lipinski definition) is 0. The molecule has 1 atom stereocenters. The minimum atomic E-state index is -0.320. The van der Waals surface area contributed by atoms with Crippen molar-refractivity contribution in [2.45, 2.75) is 0 Å². The third-order valence-corrected chi connectivity index (χ3v) is 1.46. The van der Waals surface area contributed by atoms with E-state index in [2.05, 4.69) is 0 Å². The summed E-state index contributed by atoms with van der Waals surface area (Å²) in [6.45, 7) is 0. The fourth-order valence-electron chi connectivity index (χ4n) is 0.506. The van der Waals surface area contributed by atoms with Crippen molar-refractivity contribution in [3.8, 4) is 0 Å². The molecule has 1 radical (unpaired) electrons.